The highest BCUT2D eigenvalue weighted by atomic mass is 35.5. The summed E-state index contributed by atoms with van der Waals surface area (Å²) in [5.74, 6) is 0.367. The molecule has 1 aromatic heterocycles. The van der Waals surface area contributed by atoms with E-state index in [0.29, 0.717) is 22.9 Å². The van der Waals surface area contributed by atoms with Gasteiger partial charge in [-0.15, -0.1) is 0 Å². The lowest BCUT2D eigenvalue weighted by Gasteiger charge is -2.04. The van der Waals surface area contributed by atoms with Crippen molar-refractivity contribution in [3.8, 4) is 0 Å². The molecule has 0 saturated carbocycles. The summed E-state index contributed by atoms with van der Waals surface area (Å²) in [5.41, 5.74) is 2.82. The maximum absolute atomic E-state index is 12.2. The van der Waals surface area contributed by atoms with Crippen LogP contribution in [0.4, 0.5) is 5.82 Å². The molecule has 0 fully saturated rings. The summed E-state index contributed by atoms with van der Waals surface area (Å²) in [4.78, 5) is 12.2. The number of hydrogen-bond donors (Lipinski definition) is 1. The maximum Gasteiger partial charge on any atom is 0.256 e. The average Bonchev–Trinajstić information content (AvgIpc) is 2.97. The first-order valence-electron chi connectivity index (χ1n) is 7.26. The fourth-order valence-corrected chi connectivity index (χ4v) is 2.31. The van der Waals surface area contributed by atoms with Gasteiger partial charge in [0.1, 0.15) is 0 Å². The number of halogens is 1. The van der Waals surface area contributed by atoms with Gasteiger partial charge in [-0.1, -0.05) is 41.4 Å². The van der Waals surface area contributed by atoms with Crippen LogP contribution in [0.15, 0.2) is 60.8 Å². The summed E-state index contributed by atoms with van der Waals surface area (Å²) in [6.45, 7) is 2.61. The van der Waals surface area contributed by atoms with E-state index in [9.17, 15) is 4.79 Å². The number of amides is 1. The number of nitrogens with one attached hydrogen (secondary N) is 1. The SMILES string of the molecule is Cc1ccc(C(=O)Nc2ccn(Cc3ccc(Cl)cc3)n2)cc1. The van der Waals surface area contributed by atoms with Gasteiger partial charge in [0.25, 0.3) is 5.91 Å². The van der Waals surface area contributed by atoms with Crippen LogP contribution in [0, 0.1) is 6.92 Å². The minimum atomic E-state index is -0.165. The van der Waals surface area contributed by atoms with Gasteiger partial charge in [-0.2, -0.15) is 5.10 Å². The Morgan fingerprint density at radius 2 is 1.78 bits per heavy atom. The molecule has 1 N–H and O–H groups in total. The van der Waals surface area contributed by atoms with E-state index in [4.69, 9.17) is 11.6 Å². The average molecular weight is 326 g/mol. The molecule has 0 aliphatic heterocycles. The molecule has 1 amide bonds. The normalized spacial score (nSPS) is 10.5. The first-order chi connectivity index (χ1) is 11.1. The third-order valence-electron chi connectivity index (χ3n) is 3.45. The van der Waals surface area contributed by atoms with Crippen LogP contribution in [-0.4, -0.2) is 15.7 Å². The van der Waals surface area contributed by atoms with Crippen molar-refractivity contribution in [1.82, 2.24) is 9.78 Å². The molecule has 0 aliphatic rings. The molecule has 0 radical (unpaired) electrons. The first kappa shape index (κ1) is 15.3. The van der Waals surface area contributed by atoms with Gasteiger partial charge in [0.15, 0.2) is 5.82 Å². The van der Waals surface area contributed by atoms with Crippen LogP contribution in [0.3, 0.4) is 0 Å². The second-order valence-corrected chi connectivity index (χ2v) is 5.78. The molecule has 2 aromatic carbocycles. The summed E-state index contributed by atoms with van der Waals surface area (Å²) in [6, 6.07) is 16.8. The fraction of sp³-hybridized carbons (Fsp3) is 0.111. The molecule has 0 saturated heterocycles. The Morgan fingerprint density at radius 1 is 1.09 bits per heavy atom. The largest absolute Gasteiger partial charge is 0.305 e. The Labute approximate surface area is 139 Å². The highest BCUT2D eigenvalue weighted by molar-refractivity contribution is 6.30. The van der Waals surface area contributed by atoms with E-state index >= 15 is 0 Å². The molecule has 4 nitrogen and oxygen atoms in total. The van der Waals surface area contributed by atoms with Gasteiger partial charge >= 0.3 is 0 Å². The predicted molar refractivity (Wildman–Crippen MR) is 91.9 cm³/mol. The minimum Gasteiger partial charge on any atom is -0.305 e. The van der Waals surface area contributed by atoms with Gasteiger partial charge in [-0.25, -0.2) is 0 Å². The van der Waals surface area contributed by atoms with Crippen molar-refractivity contribution in [3.05, 3.63) is 82.5 Å². The lowest BCUT2D eigenvalue weighted by atomic mass is 10.1. The molecule has 3 rings (SSSR count). The van der Waals surface area contributed by atoms with Crippen LogP contribution in [0.1, 0.15) is 21.5 Å². The zero-order valence-corrected chi connectivity index (χ0v) is 13.4. The molecule has 0 spiro atoms. The number of rotatable bonds is 4. The quantitative estimate of drug-likeness (QED) is 0.783. The summed E-state index contributed by atoms with van der Waals surface area (Å²) in [6.07, 6.45) is 1.83. The highest BCUT2D eigenvalue weighted by Crippen LogP contribution is 2.12. The Morgan fingerprint density at radius 3 is 2.48 bits per heavy atom. The van der Waals surface area contributed by atoms with E-state index in [1.54, 1.807) is 22.9 Å². The number of nitrogens with zero attached hydrogens (tertiary/aromatic N) is 2. The van der Waals surface area contributed by atoms with Gasteiger partial charge < -0.3 is 5.32 Å². The third kappa shape index (κ3) is 3.99. The summed E-state index contributed by atoms with van der Waals surface area (Å²) in [7, 11) is 0. The number of aromatic nitrogens is 2. The second-order valence-electron chi connectivity index (χ2n) is 5.35. The monoisotopic (exact) mass is 325 g/mol. The van der Waals surface area contributed by atoms with Crippen LogP contribution < -0.4 is 5.32 Å². The summed E-state index contributed by atoms with van der Waals surface area (Å²) < 4.78 is 1.77. The van der Waals surface area contributed by atoms with Crippen molar-refractivity contribution in [2.24, 2.45) is 0 Å². The molecule has 116 valence electrons. The number of aryl methyl sites for hydroxylation is 1. The van der Waals surface area contributed by atoms with Crippen molar-refractivity contribution >= 4 is 23.3 Å². The van der Waals surface area contributed by atoms with Crippen molar-refractivity contribution in [2.75, 3.05) is 5.32 Å². The zero-order chi connectivity index (χ0) is 16.2. The number of anilines is 1. The van der Waals surface area contributed by atoms with Crippen molar-refractivity contribution in [2.45, 2.75) is 13.5 Å². The van der Waals surface area contributed by atoms with Gasteiger partial charge in [0.2, 0.25) is 0 Å². The van der Waals surface area contributed by atoms with Gasteiger partial charge in [-0.3, -0.25) is 9.48 Å². The number of benzene rings is 2. The highest BCUT2D eigenvalue weighted by Gasteiger charge is 2.08. The molecular formula is C18H16ClN3O. The van der Waals surface area contributed by atoms with E-state index in [1.807, 2.05) is 49.5 Å². The van der Waals surface area contributed by atoms with E-state index in [1.165, 1.54) is 0 Å². The minimum absolute atomic E-state index is 0.165. The lowest BCUT2D eigenvalue weighted by molar-refractivity contribution is 0.102. The second kappa shape index (κ2) is 6.67. The van der Waals surface area contributed by atoms with E-state index in [-0.39, 0.29) is 5.91 Å². The van der Waals surface area contributed by atoms with E-state index < -0.39 is 0 Å². The molecule has 3 aromatic rings. The Hall–Kier alpha value is -2.59. The number of carbonyl (C=O) groups is 1. The number of carbonyl (C=O) groups excluding carboxylic acids is 1. The first-order valence-corrected chi connectivity index (χ1v) is 7.64. The molecule has 0 aliphatic carbocycles. The van der Waals surface area contributed by atoms with Gasteiger partial charge in [0.05, 0.1) is 6.54 Å². The van der Waals surface area contributed by atoms with Crippen LogP contribution in [0.2, 0.25) is 5.02 Å². The van der Waals surface area contributed by atoms with E-state index in [0.717, 1.165) is 11.1 Å². The molecule has 0 unspecified atom stereocenters. The molecule has 5 heteroatoms. The Balaban J connectivity index is 1.66. The van der Waals surface area contributed by atoms with Crippen LogP contribution in [-0.2, 0) is 6.54 Å². The summed E-state index contributed by atoms with van der Waals surface area (Å²) >= 11 is 5.87. The fourth-order valence-electron chi connectivity index (χ4n) is 2.19. The van der Waals surface area contributed by atoms with E-state index in [2.05, 4.69) is 10.4 Å². The van der Waals surface area contributed by atoms with Crippen LogP contribution >= 0.6 is 11.6 Å². The summed E-state index contributed by atoms with van der Waals surface area (Å²) in [5, 5.41) is 7.87. The van der Waals surface area contributed by atoms with Crippen LogP contribution in [0.25, 0.3) is 0 Å². The van der Waals surface area contributed by atoms with Crippen molar-refractivity contribution in [3.63, 3.8) is 0 Å². The molecule has 0 atom stereocenters. The molecular weight excluding hydrogens is 310 g/mol. The lowest BCUT2D eigenvalue weighted by Crippen LogP contribution is -2.12. The number of hydrogen-bond acceptors (Lipinski definition) is 2. The van der Waals surface area contributed by atoms with Crippen molar-refractivity contribution < 1.29 is 4.79 Å². The Kier molecular flexibility index (Phi) is 4.44. The Bertz CT molecular complexity index is 807. The predicted octanol–water partition coefficient (Wildman–Crippen LogP) is 4.15. The van der Waals surface area contributed by atoms with Gasteiger partial charge in [-0.05, 0) is 36.8 Å². The third-order valence-corrected chi connectivity index (χ3v) is 3.71. The topological polar surface area (TPSA) is 46.9 Å². The van der Waals surface area contributed by atoms with Gasteiger partial charge in [0, 0.05) is 22.8 Å². The van der Waals surface area contributed by atoms with Crippen LogP contribution in [0.5, 0.6) is 0 Å². The zero-order valence-electron chi connectivity index (χ0n) is 12.7. The molecule has 23 heavy (non-hydrogen) atoms. The maximum atomic E-state index is 12.2. The molecule has 1 heterocycles. The van der Waals surface area contributed by atoms with Crippen molar-refractivity contribution in [1.29, 1.82) is 0 Å². The standard InChI is InChI=1S/C18H16ClN3O/c1-13-2-6-15(7-3-13)18(23)20-17-10-11-22(21-17)12-14-4-8-16(19)9-5-14/h2-11H,12H2,1H3,(H,20,21,23). The smallest absolute Gasteiger partial charge is 0.256 e. The molecule has 0 bridgehead atoms.